The van der Waals surface area contributed by atoms with Crippen molar-refractivity contribution in [3.63, 3.8) is 0 Å². The summed E-state index contributed by atoms with van der Waals surface area (Å²) in [6.45, 7) is 4.44. The van der Waals surface area contributed by atoms with E-state index >= 15 is 0 Å². The molecule has 1 fully saturated rings. The van der Waals surface area contributed by atoms with Gasteiger partial charge in [-0.1, -0.05) is 34.1 Å². The lowest BCUT2D eigenvalue weighted by atomic mass is 10.1. The summed E-state index contributed by atoms with van der Waals surface area (Å²) in [6, 6.07) is 10.7. The van der Waals surface area contributed by atoms with Crippen LogP contribution in [0.15, 0.2) is 30.3 Å². The molecule has 3 rings (SSSR count). The summed E-state index contributed by atoms with van der Waals surface area (Å²) in [5.74, 6) is 0.826. The standard InChI is InChI=1S/C16H19BrN2/c1-12-10-16(14-4-2-3-5-15(14)18-12)19-9-7-13(11-19)6-8-17/h2-5,10,13H,6-9,11H2,1H3. The SMILES string of the molecule is Cc1cc(N2CCC(CCBr)C2)c2ccccc2n1. The molecule has 1 aliphatic heterocycles. The van der Waals surface area contributed by atoms with Crippen LogP contribution >= 0.6 is 15.9 Å². The quantitative estimate of drug-likeness (QED) is 0.790. The highest BCUT2D eigenvalue weighted by atomic mass is 79.9. The largest absolute Gasteiger partial charge is 0.371 e. The average Bonchev–Trinajstić information content (AvgIpc) is 2.86. The predicted molar refractivity (Wildman–Crippen MR) is 85.2 cm³/mol. The highest BCUT2D eigenvalue weighted by Gasteiger charge is 2.23. The van der Waals surface area contributed by atoms with Gasteiger partial charge in [0.2, 0.25) is 0 Å². The third-order valence-corrected chi connectivity index (χ3v) is 4.42. The number of hydrogen-bond acceptors (Lipinski definition) is 2. The van der Waals surface area contributed by atoms with Gasteiger partial charge in [0.1, 0.15) is 0 Å². The van der Waals surface area contributed by atoms with Gasteiger partial charge in [-0.2, -0.15) is 0 Å². The normalized spacial score (nSPS) is 19.3. The average molecular weight is 319 g/mol. The van der Waals surface area contributed by atoms with Gasteiger partial charge in [-0.25, -0.2) is 0 Å². The van der Waals surface area contributed by atoms with Crippen molar-refractivity contribution in [2.24, 2.45) is 5.92 Å². The Balaban J connectivity index is 1.96. The summed E-state index contributed by atoms with van der Waals surface area (Å²) in [4.78, 5) is 7.16. The van der Waals surface area contributed by atoms with E-state index in [1.54, 1.807) is 0 Å². The van der Waals surface area contributed by atoms with Crippen LogP contribution in [0.5, 0.6) is 0 Å². The number of halogens is 1. The second kappa shape index (κ2) is 5.49. The molecule has 3 heteroatoms. The first-order valence-electron chi connectivity index (χ1n) is 6.95. The number of alkyl halides is 1. The molecule has 0 N–H and O–H groups in total. The lowest BCUT2D eigenvalue weighted by molar-refractivity contribution is 0.576. The minimum Gasteiger partial charge on any atom is -0.371 e. The molecule has 0 amide bonds. The van der Waals surface area contributed by atoms with Crippen molar-refractivity contribution in [3.8, 4) is 0 Å². The van der Waals surface area contributed by atoms with E-state index in [0.717, 1.165) is 22.5 Å². The molecule has 1 unspecified atom stereocenters. The molecule has 0 aliphatic carbocycles. The topological polar surface area (TPSA) is 16.1 Å². The molecule has 1 atom stereocenters. The molecule has 2 heterocycles. The third-order valence-electron chi connectivity index (χ3n) is 3.97. The lowest BCUT2D eigenvalue weighted by Crippen LogP contribution is -2.20. The van der Waals surface area contributed by atoms with Gasteiger partial charge in [0.15, 0.2) is 0 Å². The molecule has 2 nitrogen and oxygen atoms in total. The van der Waals surface area contributed by atoms with Crippen LogP contribution in [0.2, 0.25) is 0 Å². The molecule has 0 saturated carbocycles. The predicted octanol–water partition coefficient (Wildman–Crippen LogP) is 4.15. The van der Waals surface area contributed by atoms with Gasteiger partial charge in [-0.3, -0.25) is 4.98 Å². The van der Waals surface area contributed by atoms with E-state index < -0.39 is 0 Å². The van der Waals surface area contributed by atoms with E-state index in [1.165, 1.54) is 37.0 Å². The van der Waals surface area contributed by atoms with Crippen LogP contribution < -0.4 is 4.90 Å². The Labute approximate surface area is 123 Å². The van der Waals surface area contributed by atoms with E-state index in [0.29, 0.717) is 0 Å². The summed E-state index contributed by atoms with van der Waals surface area (Å²) in [5.41, 5.74) is 3.58. The summed E-state index contributed by atoms with van der Waals surface area (Å²) >= 11 is 3.56. The molecule has 1 aliphatic rings. The van der Waals surface area contributed by atoms with Gasteiger partial charge in [0, 0.05) is 35.2 Å². The summed E-state index contributed by atoms with van der Waals surface area (Å²) in [6.07, 6.45) is 2.58. The zero-order valence-corrected chi connectivity index (χ0v) is 12.9. The summed E-state index contributed by atoms with van der Waals surface area (Å²) in [5, 5.41) is 2.40. The van der Waals surface area contributed by atoms with Crippen molar-refractivity contribution in [1.29, 1.82) is 0 Å². The van der Waals surface area contributed by atoms with Crippen LogP contribution in [0.1, 0.15) is 18.5 Å². The fourth-order valence-electron chi connectivity index (χ4n) is 2.99. The number of fused-ring (bicyclic) bond motifs is 1. The molecule has 0 radical (unpaired) electrons. The maximum Gasteiger partial charge on any atom is 0.0726 e. The Hall–Kier alpha value is -1.09. The molecule has 1 saturated heterocycles. The zero-order chi connectivity index (χ0) is 13.2. The first-order chi connectivity index (χ1) is 9.28. The number of nitrogens with zero attached hydrogens (tertiary/aromatic N) is 2. The van der Waals surface area contributed by atoms with Gasteiger partial charge >= 0.3 is 0 Å². The highest BCUT2D eigenvalue weighted by molar-refractivity contribution is 9.09. The maximum absolute atomic E-state index is 4.63. The zero-order valence-electron chi connectivity index (χ0n) is 11.3. The fourth-order valence-corrected chi connectivity index (χ4v) is 3.64. The van der Waals surface area contributed by atoms with Crippen LogP contribution in [0.25, 0.3) is 10.9 Å². The van der Waals surface area contributed by atoms with Crippen LogP contribution in [-0.2, 0) is 0 Å². The minimum absolute atomic E-state index is 0.826. The third kappa shape index (κ3) is 2.62. The van der Waals surface area contributed by atoms with Crippen LogP contribution in [0, 0.1) is 12.8 Å². The molecular weight excluding hydrogens is 300 g/mol. The number of para-hydroxylation sites is 1. The smallest absolute Gasteiger partial charge is 0.0726 e. The molecule has 0 spiro atoms. The van der Waals surface area contributed by atoms with E-state index in [4.69, 9.17) is 0 Å². The second-order valence-corrected chi connectivity index (χ2v) is 6.17. The Morgan fingerprint density at radius 1 is 1.37 bits per heavy atom. The number of pyridine rings is 1. The van der Waals surface area contributed by atoms with E-state index in [1.807, 2.05) is 0 Å². The van der Waals surface area contributed by atoms with Gasteiger partial charge in [-0.15, -0.1) is 0 Å². The van der Waals surface area contributed by atoms with Gasteiger partial charge in [0.05, 0.1) is 5.52 Å². The van der Waals surface area contributed by atoms with Gasteiger partial charge in [0.25, 0.3) is 0 Å². The highest BCUT2D eigenvalue weighted by Crippen LogP contribution is 2.31. The van der Waals surface area contributed by atoms with Gasteiger partial charge in [-0.05, 0) is 37.8 Å². The minimum atomic E-state index is 0.826. The first-order valence-corrected chi connectivity index (χ1v) is 8.07. The summed E-state index contributed by atoms with van der Waals surface area (Å²) < 4.78 is 0. The number of aromatic nitrogens is 1. The Morgan fingerprint density at radius 2 is 2.21 bits per heavy atom. The van der Waals surface area contributed by atoms with Crippen molar-refractivity contribution >= 4 is 32.5 Å². The number of rotatable bonds is 3. The molecule has 1 aromatic carbocycles. The number of benzene rings is 1. The van der Waals surface area contributed by atoms with Crippen molar-refractivity contribution in [1.82, 2.24) is 4.98 Å². The molecule has 100 valence electrons. The number of hydrogen-bond donors (Lipinski definition) is 0. The molecule has 2 aromatic rings. The molecule has 1 aromatic heterocycles. The number of aryl methyl sites for hydroxylation is 1. The van der Waals surface area contributed by atoms with Crippen LogP contribution in [0.3, 0.4) is 0 Å². The lowest BCUT2D eigenvalue weighted by Gasteiger charge is -2.21. The molecule has 19 heavy (non-hydrogen) atoms. The Bertz CT molecular complexity index is 582. The second-order valence-electron chi connectivity index (χ2n) is 5.38. The van der Waals surface area contributed by atoms with Crippen molar-refractivity contribution in [2.45, 2.75) is 19.8 Å². The van der Waals surface area contributed by atoms with Crippen LogP contribution in [-0.4, -0.2) is 23.4 Å². The summed E-state index contributed by atoms with van der Waals surface area (Å²) in [7, 11) is 0. The molecule has 0 bridgehead atoms. The van der Waals surface area contributed by atoms with E-state index in [2.05, 4.69) is 63.1 Å². The maximum atomic E-state index is 4.63. The van der Waals surface area contributed by atoms with Crippen molar-refractivity contribution in [2.75, 3.05) is 23.3 Å². The Morgan fingerprint density at radius 3 is 3.05 bits per heavy atom. The van der Waals surface area contributed by atoms with E-state index in [-0.39, 0.29) is 0 Å². The monoisotopic (exact) mass is 318 g/mol. The van der Waals surface area contributed by atoms with Gasteiger partial charge < -0.3 is 4.90 Å². The van der Waals surface area contributed by atoms with Crippen molar-refractivity contribution in [3.05, 3.63) is 36.0 Å². The van der Waals surface area contributed by atoms with Crippen LogP contribution in [0.4, 0.5) is 5.69 Å². The number of anilines is 1. The van der Waals surface area contributed by atoms with Crippen molar-refractivity contribution < 1.29 is 0 Å². The molecular formula is C16H19BrN2. The Kier molecular flexibility index (Phi) is 3.74. The fraction of sp³-hybridized carbons (Fsp3) is 0.438. The first kappa shape index (κ1) is 12.9. The van der Waals surface area contributed by atoms with E-state index in [9.17, 15) is 0 Å².